The quantitative estimate of drug-likeness (QED) is 0.229. The van der Waals surface area contributed by atoms with Gasteiger partial charge in [-0.2, -0.15) is 0 Å². The Morgan fingerprint density at radius 3 is 2.31 bits per heavy atom. The van der Waals surface area contributed by atoms with Crippen LogP contribution in [0.2, 0.25) is 0 Å². The molecule has 2 aromatic carbocycles. The van der Waals surface area contributed by atoms with Crippen LogP contribution in [0.3, 0.4) is 0 Å². The summed E-state index contributed by atoms with van der Waals surface area (Å²) < 4.78 is 13.1. The molecule has 1 saturated heterocycles. The van der Waals surface area contributed by atoms with Crippen molar-refractivity contribution in [2.75, 3.05) is 32.8 Å². The Kier molecular flexibility index (Phi) is 13.1. The molecular weight excluding hydrogens is 452 g/mol. The molecule has 32 heavy (non-hydrogen) atoms. The van der Waals surface area contributed by atoms with Crippen molar-refractivity contribution in [3.8, 4) is 0 Å². The maximum atomic E-state index is 13.1. The fraction of sp³-hybridized carbons (Fsp3) is 0.417. The highest BCUT2D eigenvalue weighted by Gasteiger charge is 2.25. The monoisotopic (exact) mass is 483 g/mol. The molecule has 5 nitrogen and oxygen atoms in total. The van der Waals surface area contributed by atoms with Gasteiger partial charge < -0.3 is 15.5 Å². The molecule has 0 bridgehead atoms. The van der Waals surface area contributed by atoms with Crippen LogP contribution in [0, 0.1) is 11.7 Å². The van der Waals surface area contributed by atoms with Crippen molar-refractivity contribution in [3.63, 3.8) is 0 Å². The molecule has 1 aliphatic rings. The second-order valence-corrected chi connectivity index (χ2v) is 7.62. The van der Waals surface area contributed by atoms with Crippen molar-refractivity contribution in [2.24, 2.45) is 16.8 Å². The van der Waals surface area contributed by atoms with Gasteiger partial charge in [0.25, 0.3) is 0 Å². The number of nitrogens with two attached hydrogens (primary N) is 1. The first-order valence-corrected chi connectivity index (χ1v) is 10.6. The maximum absolute atomic E-state index is 13.1. The number of benzene rings is 2. The van der Waals surface area contributed by atoms with E-state index < -0.39 is 0 Å². The molecule has 3 rings (SSSR count). The molecule has 1 heterocycles. The topological polar surface area (TPSA) is 67.9 Å². The lowest BCUT2D eigenvalue weighted by atomic mass is 9.89. The molecule has 0 spiro atoms. The Morgan fingerprint density at radius 1 is 1.03 bits per heavy atom. The largest absolute Gasteiger partial charge is 0.394 e. The third-order valence-corrected chi connectivity index (χ3v) is 5.47. The predicted octanol–water partition coefficient (Wildman–Crippen LogP) is 4.72. The molecule has 1 fully saturated rings. The fourth-order valence-electron chi connectivity index (χ4n) is 3.79. The van der Waals surface area contributed by atoms with E-state index in [4.69, 9.17) is 10.6 Å². The van der Waals surface area contributed by atoms with E-state index in [-0.39, 0.29) is 42.3 Å². The van der Waals surface area contributed by atoms with Crippen molar-refractivity contribution in [1.29, 1.82) is 0 Å². The minimum absolute atomic E-state index is 0. The first kappa shape index (κ1) is 28.0. The molecular formula is C24H32Cl2FN3O2. The Morgan fingerprint density at radius 2 is 1.69 bits per heavy atom. The normalized spacial score (nSPS) is 14.9. The molecule has 0 radical (unpaired) electrons. The number of likely N-dealkylation sites (tertiary alicyclic amines) is 1. The van der Waals surface area contributed by atoms with Crippen LogP contribution in [0.15, 0.2) is 59.8 Å². The van der Waals surface area contributed by atoms with Crippen LogP contribution in [-0.2, 0) is 4.84 Å². The third-order valence-electron chi connectivity index (χ3n) is 5.47. The number of carbonyl (C=O) groups excluding carboxylic acids is 1. The number of Topliss-reactive ketones (excluding diaryl/α,β-unsaturated/α-hetero) is 1. The molecule has 0 saturated carbocycles. The van der Waals surface area contributed by atoms with E-state index in [0.717, 1.165) is 56.6 Å². The molecule has 176 valence electrons. The molecule has 8 heteroatoms. The second-order valence-electron chi connectivity index (χ2n) is 7.62. The van der Waals surface area contributed by atoms with Crippen molar-refractivity contribution in [2.45, 2.75) is 25.7 Å². The van der Waals surface area contributed by atoms with Crippen LogP contribution in [0.25, 0.3) is 0 Å². The standard InChI is InChI=1S/C24H30FN3O2.2ClH/c25-22-10-8-20(9-11-22)24(29)21-12-16-28(17-13-21)15-4-7-23(27-30-18-14-26)19-5-2-1-3-6-19;;/h1-3,5-6,8-11,21H,4,7,12-18,26H2;2*1H. The number of halogens is 3. The summed E-state index contributed by atoms with van der Waals surface area (Å²) >= 11 is 0. The van der Waals surface area contributed by atoms with E-state index in [1.54, 1.807) is 12.1 Å². The van der Waals surface area contributed by atoms with Crippen molar-refractivity contribution in [3.05, 3.63) is 71.5 Å². The van der Waals surface area contributed by atoms with Crippen LogP contribution in [0.5, 0.6) is 0 Å². The number of ketones is 1. The summed E-state index contributed by atoms with van der Waals surface area (Å²) in [6, 6.07) is 15.9. The molecule has 0 amide bonds. The highest BCUT2D eigenvalue weighted by Crippen LogP contribution is 2.22. The molecule has 0 aromatic heterocycles. The van der Waals surface area contributed by atoms with Gasteiger partial charge in [0.15, 0.2) is 5.78 Å². The van der Waals surface area contributed by atoms with Crippen LogP contribution < -0.4 is 5.73 Å². The second kappa shape index (κ2) is 15.0. The van der Waals surface area contributed by atoms with Gasteiger partial charge in [-0.25, -0.2) is 4.39 Å². The van der Waals surface area contributed by atoms with Gasteiger partial charge in [0.2, 0.25) is 0 Å². The van der Waals surface area contributed by atoms with Gasteiger partial charge >= 0.3 is 0 Å². The summed E-state index contributed by atoms with van der Waals surface area (Å²) in [6.45, 7) is 3.61. The van der Waals surface area contributed by atoms with Crippen molar-refractivity contribution < 1.29 is 14.0 Å². The molecule has 1 aliphatic heterocycles. The van der Waals surface area contributed by atoms with Gasteiger partial charge in [0, 0.05) is 18.0 Å². The summed E-state index contributed by atoms with van der Waals surface area (Å²) in [4.78, 5) is 20.3. The van der Waals surface area contributed by atoms with E-state index >= 15 is 0 Å². The molecule has 0 unspecified atom stereocenters. The number of carbonyl (C=O) groups is 1. The predicted molar refractivity (Wildman–Crippen MR) is 132 cm³/mol. The van der Waals surface area contributed by atoms with Crippen LogP contribution >= 0.6 is 24.8 Å². The van der Waals surface area contributed by atoms with E-state index in [1.165, 1.54) is 12.1 Å². The van der Waals surface area contributed by atoms with Gasteiger partial charge in [0.1, 0.15) is 12.4 Å². The smallest absolute Gasteiger partial charge is 0.166 e. The maximum Gasteiger partial charge on any atom is 0.166 e. The van der Waals surface area contributed by atoms with Gasteiger partial charge in [0.05, 0.1) is 5.71 Å². The highest BCUT2D eigenvalue weighted by atomic mass is 35.5. The third kappa shape index (κ3) is 8.51. The highest BCUT2D eigenvalue weighted by molar-refractivity contribution is 6.00. The van der Waals surface area contributed by atoms with Crippen LogP contribution in [0.4, 0.5) is 4.39 Å². The average Bonchev–Trinajstić information content (AvgIpc) is 2.79. The van der Waals surface area contributed by atoms with Gasteiger partial charge in [-0.15, -0.1) is 24.8 Å². The number of hydrogen-bond donors (Lipinski definition) is 1. The Hall–Kier alpha value is -1.99. The van der Waals surface area contributed by atoms with E-state index in [0.29, 0.717) is 18.7 Å². The summed E-state index contributed by atoms with van der Waals surface area (Å²) in [7, 11) is 0. The summed E-state index contributed by atoms with van der Waals surface area (Å²) in [5.74, 6) is -0.156. The van der Waals surface area contributed by atoms with Gasteiger partial charge in [-0.05, 0) is 75.1 Å². The lowest BCUT2D eigenvalue weighted by Crippen LogP contribution is -2.37. The van der Waals surface area contributed by atoms with Crippen molar-refractivity contribution in [1.82, 2.24) is 4.90 Å². The molecule has 2 N–H and O–H groups in total. The summed E-state index contributed by atoms with van der Waals surface area (Å²) in [5, 5.41) is 4.29. The fourth-order valence-corrected chi connectivity index (χ4v) is 3.79. The van der Waals surface area contributed by atoms with Crippen molar-refractivity contribution >= 4 is 36.3 Å². The minimum Gasteiger partial charge on any atom is -0.394 e. The number of piperidine rings is 1. The van der Waals surface area contributed by atoms with E-state index in [1.807, 2.05) is 30.3 Å². The molecule has 0 aliphatic carbocycles. The number of rotatable bonds is 10. The van der Waals surface area contributed by atoms with Crippen LogP contribution in [-0.4, -0.2) is 49.2 Å². The van der Waals surface area contributed by atoms with E-state index in [9.17, 15) is 9.18 Å². The Balaban J connectivity index is 0.00000256. The zero-order valence-electron chi connectivity index (χ0n) is 18.1. The zero-order chi connectivity index (χ0) is 21.2. The average molecular weight is 484 g/mol. The molecule has 2 aromatic rings. The van der Waals surface area contributed by atoms with Gasteiger partial charge in [-0.3, -0.25) is 4.79 Å². The Labute approximate surface area is 202 Å². The number of oxime groups is 1. The summed E-state index contributed by atoms with van der Waals surface area (Å²) in [5.41, 5.74) is 8.10. The Bertz CT molecular complexity index is 827. The lowest BCUT2D eigenvalue weighted by molar-refractivity contribution is 0.0839. The minimum atomic E-state index is -0.312. The number of nitrogens with zero attached hydrogens (tertiary/aromatic N) is 2. The zero-order valence-corrected chi connectivity index (χ0v) is 19.8. The first-order valence-electron chi connectivity index (χ1n) is 10.6. The first-order chi connectivity index (χ1) is 14.7. The van der Waals surface area contributed by atoms with E-state index in [2.05, 4.69) is 10.1 Å². The van der Waals surface area contributed by atoms with Gasteiger partial charge in [-0.1, -0.05) is 35.5 Å². The SMILES string of the molecule is Cl.Cl.NCCON=C(CCCN1CCC(C(=O)c2ccc(F)cc2)CC1)c1ccccc1. The lowest BCUT2D eigenvalue weighted by Gasteiger charge is -2.31. The summed E-state index contributed by atoms with van der Waals surface area (Å²) in [6.07, 6.45) is 3.48. The van der Waals surface area contributed by atoms with Crippen LogP contribution in [0.1, 0.15) is 41.6 Å². The molecule has 0 atom stereocenters. The number of hydrogen-bond acceptors (Lipinski definition) is 5.